The molecule has 0 unspecified atom stereocenters. The molecule has 126 valence electrons. The van der Waals surface area contributed by atoms with Gasteiger partial charge in [-0.1, -0.05) is 0 Å². The molecule has 0 N–H and O–H groups in total. The fourth-order valence-corrected chi connectivity index (χ4v) is 3.29. The highest BCUT2D eigenvalue weighted by atomic mass is 16.5. The summed E-state index contributed by atoms with van der Waals surface area (Å²) in [7, 11) is 5.02. The third-order valence-corrected chi connectivity index (χ3v) is 4.50. The van der Waals surface area contributed by atoms with Gasteiger partial charge in [0.25, 0.3) is 0 Å². The normalized spacial score (nSPS) is 10.9. The van der Waals surface area contributed by atoms with Crippen LogP contribution in [-0.2, 0) is 6.54 Å². The van der Waals surface area contributed by atoms with E-state index in [4.69, 9.17) is 14.2 Å². The van der Waals surface area contributed by atoms with Gasteiger partial charge in [0.15, 0.2) is 11.5 Å². The first-order valence-electron chi connectivity index (χ1n) is 8.03. The third-order valence-electron chi connectivity index (χ3n) is 4.50. The standard InChI is InChI=1S/C20H23NO3/c1-6-21-17-12-19(24-5)18(23-4)11-16(17)13(2)20(21)14-7-9-15(22-3)10-8-14/h7-12H,6H2,1-5H3. The number of aryl methyl sites for hydroxylation is 2. The summed E-state index contributed by atoms with van der Waals surface area (Å²) in [6.07, 6.45) is 0. The van der Waals surface area contributed by atoms with E-state index in [-0.39, 0.29) is 0 Å². The van der Waals surface area contributed by atoms with Crippen LogP contribution in [0.1, 0.15) is 12.5 Å². The molecule has 3 rings (SSSR count). The molecule has 24 heavy (non-hydrogen) atoms. The van der Waals surface area contributed by atoms with Crippen molar-refractivity contribution in [1.29, 1.82) is 0 Å². The molecule has 0 aliphatic carbocycles. The minimum Gasteiger partial charge on any atom is -0.497 e. The molecule has 4 nitrogen and oxygen atoms in total. The topological polar surface area (TPSA) is 32.6 Å². The fraction of sp³-hybridized carbons (Fsp3) is 0.300. The van der Waals surface area contributed by atoms with Crippen LogP contribution < -0.4 is 14.2 Å². The van der Waals surface area contributed by atoms with E-state index < -0.39 is 0 Å². The summed E-state index contributed by atoms with van der Waals surface area (Å²) < 4.78 is 18.5. The van der Waals surface area contributed by atoms with E-state index in [9.17, 15) is 0 Å². The first-order chi connectivity index (χ1) is 11.6. The van der Waals surface area contributed by atoms with Crippen molar-refractivity contribution in [2.75, 3.05) is 21.3 Å². The average molecular weight is 325 g/mol. The first-order valence-corrected chi connectivity index (χ1v) is 8.03. The quantitative estimate of drug-likeness (QED) is 0.684. The van der Waals surface area contributed by atoms with Gasteiger partial charge in [-0.15, -0.1) is 0 Å². The van der Waals surface area contributed by atoms with Gasteiger partial charge in [0.05, 0.1) is 32.5 Å². The summed E-state index contributed by atoms with van der Waals surface area (Å²) in [5, 5.41) is 1.18. The maximum Gasteiger partial charge on any atom is 0.162 e. The lowest BCUT2D eigenvalue weighted by Crippen LogP contribution is -1.98. The van der Waals surface area contributed by atoms with Crippen LogP contribution in [0.2, 0.25) is 0 Å². The van der Waals surface area contributed by atoms with Gasteiger partial charge in [0, 0.05) is 18.0 Å². The van der Waals surface area contributed by atoms with Gasteiger partial charge in [-0.25, -0.2) is 0 Å². The van der Waals surface area contributed by atoms with Crippen molar-refractivity contribution >= 4 is 10.9 Å². The smallest absolute Gasteiger partial charge is 0.162 e. The lowest BCUT2D eigenvalue weighted by Gasteiger charge is -2.11. The summed E-state index contributed by atoms with van der Waals surface area (Å²) in [6.45, 7) is 5.18. The minimum absolute atomic E-state index is 0.749. The van der Waals surface area contributed by atoms with E-state index in [0.717, 1.165) is 29.3 Å². The second-order valence-electron chi connectivity index (χ2n) is 5.67. The van der Waals surface area contributed by atoms with Crippen molar-refractivity contribution in [3.8, 4) is 28.5 Å². The molecule has 3 aromatic rings. The summed E-state index contributed by atoms with van der Waals surface area (Å²) in [6, 6.07) is 12.3. The Morgan fingerprint density at radius 1 is 0.875 bits per heavy atom. The molecule has 0 amide bonds. The Morgan fingerprint density at radius 3 is 2.04 bits per heavy atom. The summed E-state index contributed by atoms with van der Waals surface area (Å²) in [5.74, 6) is 2.36. The van der Waals surface area contributed by atoms with Crippen molar-refractivity contribution in [3.63, 3.8) is 0 Å². The molecule has 0 aliphatic rings. The third kappa shape index (κ3) is 2.48. The predicted molar refractivity (Wildman–Crippen MR) is 97.4 cm³/mol. The van der Waals surface area contributed by atoms with E-state index in [0.29, 0.717) is 0 Å². The van der Waals surface area contributed by atoms with E-state index in [1.807, 2.05) is 12.1 Å². The molecule has 0 fully saturated rings. The number of rotatable bonds is 5. The van der Waals surface area contributed by atoms with E-state index in [1.165, 1.54) is 22.2 Å². The van der Waals surface area contributed by atoms with Gasteiger partial charge in [0.2, 0.25) is 0 Å². The van der Waals surface area contributed by atoms with Gasteiger partial charge in [-0.2, -0.15) is 0 Å². The Bertz CT molecular complexity index is 863. The van der Waals surface area contributed by atoms with Crippen molar-refractivity contribution < 1.29 is 14.2 Å². The highest BCUT2D eigenvalue weighted by molar-refractivity contribution is 5.94. The lowest BCUT2D eigenvalue weighted by molar-refractivity contribution is 0.355. The van der Waals surface area contributed by atoms with E-state index >= 15 is 0 Å². The number of ether oxygens (including phenoxy) is 3. The molecular weight excluding hydrogens is 302 g/mol. The van der Waals surface area contributed by atoms with E-state index in [2.05, 4.69) is 42.7 Å². The fourth-order valence-electron chi connectivity index (χ4n) is 3.29. The zero-order chi connectivity index (χ0) is 17.3. The number of hydrogen-bond acceptors (Lipinski definition) is 3. The van der Waals surface area contributed by atoms with Crippen LogP contribution in [0.3, 0.4) is 0 Å². The van der Waals surface area contributed by atoms with Crippen molar-refractivity contribution in [3.05, 3.63) is 42.0 Å². The maximum absolute atomic E-state index is 5.47. The monoisotopic (exact) mass is 325 g/mol. The Balaban J connectivity index is 2.28. The molecule has 1 heterocycles. The molecule has 0 spiro atoms. The van der Waals surface area contributed by atoms with Crippen molar-refractivity contribution in [2.24, 2.45) is 0 Å². The van der Waals surface area contributed by atoms with Gasteiger partial charge in [0.1, 0.15) is 5.75 Å². The van der Waals surface area contributed by atoms with Crippen LogP contribution in [0, 0.1) is 6.92 Å². The predicted octanol–water partition coefficient (Wildman–Crippen LogP) is 4.66. The molecule has 0 atom stereocenters. The van der Waals surface area contributed by atoms with Crippen LogP contribution in [0.15, 0.2) is 36.4 Å². The molecule has 0 saturated carbocycles. The molecule has 1 aromatic heterocycles. The molecule has 0 aliphatic heterocycles. The zero-order valence-corrected chi connectivity index (χ0v) is 14.8. The molecule has 4 heteroatoms. The SMILES string of the molecule is CCn1c(-c2ccc(OC)cc2)c(C)c2cc(OC)c(OC)cc21. The minimum atomic E-state index is 0.749. The van der Waals surface area contributed by atoms with Crippen molar-refractivity contribution in [1.82, 2.24) is 4.57 Å². The van der Waals surface area contributed by atoms with Crippen molar-refractivity contribution in [2.45, 2.75) is 20.4 Å². The number of hydrogen-bond donors (Lipinski definition) is 0. The van der Waals surface area contributed by atoms with E-state index in [1.54, 1.807) is 21.3 Å². The first kappa shape index (κ1) is 16.2. The number of nitrogens with zero attached hydrogens (tertiary/aromatic N) is 1. The Morgan fingerprint density at radius 2 is 1.50 bits per heavy atom. The number of methoxy groups -OCH3 is 3. The Labute approximate surface area is 142 Å². The van der Waals surface area contributed by atoms with Gasteiger partial charge >= 0.3 is 0 Å². The highest BCUT2D eigenvalue weighted by Gasteiger charge is 2.18. The van der Waals surface area contributed by atoms with Gasteiger partial charge in [-0.05, 0) is 55.3 Å². The highest BCUT2D eigenvalue weighted by Crippen LogP contribution is 2.39. The van der Waals surface area contributed by atoms with Crippen LogP contribution >= 0.6 is 0 Å². The Hall–Kier alpha value is -2.62. The largest absolute Gasteiger partial charge is 0.497 e. The van der Waals surface area contributed by atoms with Crippen LogP contribution in [-0.4, -0.2) is 25.9 Å². The van der Waals surface area contributed by atoms with Gasteiger partial charge in [-0.3, -0.25) is 0 Å². The van der Waals surface area contributed by atoms with Crippen LogP contribution in [0.4, 0.5) is 0 Å². The second kappa shape index (κ2) is 6.48. The molecule has 0 saturated heterocycles. The number of benzene rings is 2. The molecule has 0 radical (unpaired) electrons. The lowest BCUT2D eigenvalue weighted by atomic mass is 10.1. The summed E-state index contributed by atoms with van der Waals surface area (Å²) in [5.41, 5.74) is 4.77. The molecule has 0 bridgehead atoms. The number of fused-ring (bicyclic) bond motifs is 1. The zero-order valence-electron chi connectivity index (χ0n) is 14.8. The maximum atomic E-state index is 5.47. The summed E-state index contributed by atoms with van der Waals surface area (Å²) in [4.78, 5) is 0. The van der Waals surface area contributed by atoms with Gasteiger partial charge < -0.3 is 18.8 Å². The van der Waals surface area contributed by atoms with Crippen LogP contribution in [0.5, 0.6) is 17.2 Å². The molecule has 2 aromatic carbocycles. The second-order valence-corrected chi connectivity index (χ2v) is 5.67. The summed E-state index contributed by atoms with van der Waals surface area (Å²) >= 11 is 0. The average Bonchev–Trinajstić information content (AvgIpc) is 2.91. The Kier molecular flexibility index (Phi) is 4.38. The molecular formula is C20H23NO3. The number of aromatic nitrogens is 1. The van der Waals surface area contributed by atoms with Crippen LogP contribution in [0.25, 0.3) is 22.2 Å².